The van der Waals surface area contributed by atoms with Crippen LogP contribution in [0.1, 0.15) is 81.8 Å². The number of methoxy groups -OCH3 is 3. The number of ether oxygens (including phenoxy) is 3. The van der Waals surface area contributed by atoms with Gasteiger partial charge in [0.1, 0.15) is 0 Å². The van der Waals surface area contributed by atoms with Crippen LogP contribution in [0.4, 0.5) is 59.7 Å². The largest absolute Gasteiger partial charge is 0.494 e. The van der Waals surface area contributed by atoms with Gasteiger partial charge in [0, 0.05) is 136 Å². The first-order chi connectivity index (χ1) is 59.8. The number of rotatable bonds is 18. The van der Waals surface area contributed by atoms with E-state index in [4.69, 9.17) is 19.3 Å². The zero-order chi connectivity index (χ0) is 93.4. The van der Waals surface area contributed by atoms with Gasteiger partial charge >= 0.3 is 29.7 Å². The first-order valence-electron chi connectivity index (χ1n) is 38.1. The molecule has 0 saturated carbocycles. The lowest BCUT2D eigenvalue weighted by Crippen LogP contribution is -2.46. The summed E-state index contributed by atoms with van der Waals surface area (Å²) < 4.78 is 171. The summed E-state index contributed by atoms with van der Waals surface area (Å²) in [5, 5.41) is 32.4. The smallest absolute Gasteiger partial charge is 0.374 e. The number of nitrogens with zero attached hydrogens (tertiary/aromatic N) is 11. The molecule has 6 aromatic carbocycles. The van der Waals surface area contributed by atoms with Crippen LogP contribution in [0, 0.1) is 21.0 Å². The van der Waals surface area contributed by atoms with Crippen molar-refractivity contribution in [1.82, 2.24) is 64.3 Å². The predicted molar refractivity (Wildman–Crippen MR) is 452 cm³/mol. The second-order valence-corrected chi connectivity index (χ2v) is 30.5. The Bertz CT molecular complexity index is 6110. The molecule has 127 heavy (non-hydrogen) atoms. The minimum Gasteiger partial charge on any atom is -0.494 e. The van der Waals surface area contributed by atoms with Crippen LogP contribution in [0.25, 0.3) is 49.8 Å². The SMILES string of the molecule is CC(F)(F)C(=O)O.CN.COc1cc(C2NC(=O)C[C@@H]2NC(=O)C(C)(F)F)ccc1F.COc1cc([C@@H]2[C@@H](NC(=O)C(C)(F)F)CC(=O)N2c2ccc3c(cnn3-c3ccc(=O)n(C)c3)c2)ccc1F.COc1cc([C@H]2[C@H](NC(=O)C(C)(F)F)CC(=O)N2c2ccc3c(cnn3-c3ccc(=O)n(C)c3)c2)ccc1F.Cn1cc(-n2ncc3cc(I)ccc32)ccc1=O. The molecule has 0 radical (unpaired) electrons. The lowest BCUT2D eigenvalue weighted by molar-refractivity contribution is -0.162. The zero-order valence-corrected chi connectivity index (χ0v) is 71.4. The first-order valence-corrected chi connectivity index (χ1v) is 39.1. The van der Waals surface area contributed by atoms with E-state index in [0.717, 1.165) is 34.8 Å². The van der Waals surface area contributed by atoms with Crippen LogP contribution in [0.15, 0.2) is 197 Å². The van der Waals surface area contributed by atoms with Gasteiger partial charge in [0.15, 0.2) is 34.7 Å². The fourth-order valence-corrected chi connectivity index (χ4v) is 14.3. The first kappa shape index (κ1) is 95.4. The molecule has 0 bridgehead atoms. The Morgan fingerprint density at radius 3 is 1.06 bits per heavy atom. The third kappa shape index (κ3) is 22.1. The van der Waals surface area contributed by atoms with E-state index in [1.165, 1.54) is 99.4 Å². The molecular formula is C85H82F11IN16O14. The number of hydrogen-bond acceptors (Lipinski definition) is 17. The van der Waals surface area contributed by atoms with E-state index in [1.807, 2.05) is 23.0 Å². The van der Waals surface area contributed by atoms with E-state index >= 15 is 0 Å². The highest BCUT2D eigenvalue weighted by Gasteiger charge is 2.48. The van der Waals surface area contributed by atoms with E-state index in [9.17, 15) is 96.2 Å². The molecule has 670 valence electrons. The molecule has 15 rings (SSSR count). The highest BCUT2D eigenvalue weighted by Crippen LogP contribution is 2.43. The Morgan fingerprint density at radius 1 is 0.433 bits per heavy atom. The van der Waals surface area contributed by atoms with Crippen LogP contribution in [-0.2, 0) is 54.7 Å². The number of fused-ring (bicyclic) bond motifs is 3. The molecule has 0 aliphatic carbocycles. The summed E-state index contributed by atoms with van der Waals surface area (Å²) in [5.41, 5.74) is 10.8. The molecule has 6 amide bonds. The molecule has 3 aliphatic heterocycles. The topological polar surface area (TPSA) is 367 Å². The summed E-state index contributed by atoms with van der Waals surface area (Å²) in [6.45, 7) is 1.75. The number of carbonyl (C=O) groups excluding carboxylic acids is 6. The number of anilines is 2. The number of nitrogens with one attached hydrogen (secondary N) is 4. The fourth-order valence-electron chi connectivity index (χ4n) is 13.7. The molecule has 3 fully saturated rings. The van der Waals surface area contributed by atoms with Crippen LogP contribution < -0.4 is 67.7 Å². The van der Waals surface area contributed by atoms with Gasteiger partial charge in [-0.1, -0.05) is 18.2 Å². The number of alkyl halides is 8. The number of carboxylic acids is 1. The van der Waals surface area contributed by atoms with Crippen molar-refractivity contribution in [3.8, 4) is 34.3 Å². The Kier molecular flexibility index (Phi) is 29.4. The van der Waals surface area contributed by atoms with Gasteiger partial charge in [-0.15, -0.1) is 0 Å². The molecular weight excluding hydrogens is 1800 g/mol. The molecule has 9 heterocycles. The van der Waals surface area contributed by atoms with E-state index < -0.39 is 119 Å². The molecule has 7 N–H and O–H groups in total. The predicted octanol–water partition coefficient (Wildman–Crippen LogP) is 11.1. The van der Waals surface area contributed by atoms with Crippen LogP contribution in [0.2, 0.25) is 0 Å². The maximum absolute atomic E-state index is 14.2. The summed E-state index contributed by atoms with van der Waals surface area (Å²) in [7, 11) is 10.3. The molecule has 3 saturated heterocycles. The van der Waals surface area contributed by atoms with Crippen LogP contribution in [0.5, 0.6) is 17.2 Å². The standard InChI is InChI=1S/2C27H24F3N5O4.C14H15F3N2O3.C13H10IN3O.C3H4F2O2.CH5N/c2*1-27(29,30)26(38)32-20-12-24(37)34(25(20)15-4-7-19(28)22(11-15)39-3)17-5-8-21-16(10-17)13-31-35(21)18-6-9-23(36)33(2)14-18;1-14(16,17)13(21)18-9-6-11(20)19-12(9)7-3-4-8(15)10(5-7)22-2;1-16-8-11(3-5-13(16)18)17-12-4-2-10(14)6-9(12)7-15-17;1-3(4,5)2(6)7;1-2/h2*4-11,13-14,20,25H,12H2,1-3H3,(H,32,38);3-5,9,12H,6H2,1-2H3,(H,18,21)(H,19,20);2-8H,1H3;1H3,(H,6,7);2H2,1H3/t2*20-,25+;9-,12?;;;/m100.../s1. The normalized spacial score (nSPS) is 16.7. The second kappa shape index (κ2) is 39.2. The summed E-state index contributed by atoms with van der Waals surface area (Å²) in [5.74, 6) is -24.3. The molecule has 42 heteroatoms. The van der Waals surface area contributed by atoms with Gasteiger partial charge in [0.25, 0.3) is 17.7 Å². The van der Waals surface area contributed by atoms with Gasteiger partial charge in [-0.25, -0.2) is 32.0 Å². The van der Waals surface area contributed by atoms with Gasteiger partial charge in [0.2, 0.25) is 34.4 Å². The molecule has 3 aliphatic rings. The number of amides is 6. The summed E-state index contributed by atoms with van der Waals surface area (Å²) in [4.78, 5) is 121. The van der Waals surface area contributed by atoms with E-state index in [-0.39, 0.29) is 53.2 Å². The lowest BCUT2D eigenvalue weighted by atomic mass is 9.98. The number of halogens is 12. The van der Waals surface area contributed by atoms with E-state index in [1.54, 1.807) is 127 Å². The summed E-state index contributed by atoms with van der Waals surface area (Å²) >= 11 is 2.28. The Morgan fingerprint density at radius 2 is 0.740 bits per heavy atom. The Hall–Kier alpha value is -13.8. The number of aliphatic carboxylic acids is 1. The number of aryl methyl sites for hydroxylation is 3. The fraction of sp³-hybridized carbons (Fsp3) is 0.282. The molecule has 0 spiro atoms. The molecule has 6 atom stereocenters. The van der Waals surface area contributed by atoms with Crippen molar-refractivity contribution in [3.63, 3.8) is 0 Å². The number of pyridine rings is 3. The van der Waals surface area contributed by atoms with E-state index in [2.05, 4.69) is 71.0 Å². The van der Waals surface area contributed by atoms with Crippen molar-refractivity contribution in [1.29, 1.82) is 0 Å². The van der Waals surface area contributed by atoms with Crippen LogP contribution in [-0.4, -0.2) is 160 Å². The number of carboxylic acid groups (broad SMARTS) is 1. The average molecular weight is 1890 g/mol. The minimum atomic E-state index is -3.66. The second-order valence-electron chi connectivity index (χ2n) is 29.2. The number of carbonyl (C=O) groups is 7. The third-order valence-corrected chi connectivity index (χ3v) is 20.7. The van der Waals surface area contributed by atoms with Crippen molar-refractivity contribution < 1.29 is 101 Å². The lowest BCUT2D eigenvalue weighted by Gasteiger charge is -2.30. The number of aromatic nitrogens is 9. The summed E-state index contributed by atoms with van der Waals surface area (Å²) in [6, 6.07) is 32.3. The maximum Gasteiger partial charge on any atom is 0.374 e. The van der Waals surface area contributed by atoms with E-state index in [0.29, 0.717) is 88.9 Å². The van der Waals surface area contributed by atoms with Gasteiger partial charge < -0.3 is 69.8 Å². The van der Waals surface area contributed by atoms with Gasteiger partial charge in [-0.2, -0.15) is 50.4 Å². The van der Waals surface area contributed by atoms with Crippen molar-refractivity contribution in [2.24, 2.45) is 26.9 Å². The number of hydrogen-bond donors (Lipinski definition) is 6. The highest BCUT2D eigenvalue weighted by atomic mass is 127. The van der Waals surface area contributed by atoms with Crippen LogP contribution >= 0.6 is 22.6 Å². The molecule has 12 aromatic rings. The van der Waals surface area contributed by atoms with Crippen molar-refractivity contribution >= 4 is 108 Å². The van der Waals surface area contributed by atoms with Crippen LogP contribution in [0.3, 0.4) is 0 Å². The van der Waals surface area contributed by atoms with Crippen molar-refractivity contribution in [2.75, 3.05) is 38.2 Å². The maximum atomic E-state index is 14.2. The zero-order valence-electron chi connectivity index (χ0n) is 69.2. The highest BCUT2D eigenvalue weighted by molar-refractivity contribution is 14.1. The minimum absolute atomic E-state index is 0.0234. The quantitative estimate of drug-likeness (QED) is 0.0343. The van der Waals surface area contributed by atoms with Gasteiger partial charge in [-0.05, 0) is 156 Å². The third-order valence-electron chi connectivity index (χ3n) is 20.0. The molecule has 1 unspecified atom stereocenters. The van der Waals surface area contributed by atoms with Gasteiger partial charge in [0.05, 0.1) is 110 Å². The molecule has 6 aromatic heterocycles. The monoisotopic (exact) mass is 1890 g/mol. The molecule has 30 nitrogen and oxygen atoms in total. The Balaban J connectivity index is 0.000000178. The number of benzene rings is 6. The van der Waals surface area contributed by atoms with Gasteiger partial charge in [-0.3, -0.25) is 43.2 Å². The average Bonchev–Trinajstić information content (AvgIpc) is 1.61. The Labute approximate surface area is 727 Å². The summed E-state index contributed by atoms with van der Waals surface area (Å²) in [6.07, 6.45) is 9.46. The number of nitrogens with two attached hydrogens (primary N) is 1. The van der Waals surface area contributed by atoms with Crippen molar-refractivity contribution in [2.45, 2.75) is 107 Å². The van der Waals surface area contributed by atoms with Crippen molar-refractivity contribution in [3.05, 3.63) is 252 Å².